The van der Waals surface area contributed by atoms with Crippen LogP contribution in [0.3, 0.4) is 0 Å². The molecule has 1 aromatic heterocycles. The number of rotatable bonds is 4. The summed E-state index contributed by atoms with van der Waals surface area (Å²) in [7, 11) is 1.99. The van der Waals surface area contributed by atoms with Crippen molar-refractivity contribution in [1.29, 1.82) is 0 Å². The number of nitrogens with zero attached hydrogens (tertiary/aromatic N) is 3. The molecule has 4 nitrogen and oxygen atoms in total. The number of hydrogen-bond donors (Lipinski definition) is 1. The second kappa shape index (κ2) is 5.60. The Balaban J connectivity index is 1.83. The Hall–Kier alpha value is -0.940. The van der Waals surface area contributed by atoms with Gasteiger partial charge in [0.05, 0.1) is 4.99 Å². The minimum absolute atomic E-state index is 0.408. The number of aromatic nitrogens is 2. The largest absolute Gasteiger partial charge is 0.393 e. The van der Waals surface area contributed by atoms with Gasteiger partial charge in [-0.3, -0.25) is 4.68 Å². The smallest absolute Gasteiger partial charge is 0.0771 e. The SMILES string of the molecule is Cn1nccc1CCN1CCCC(C(N)=S)C1. The molecule has 0 aromatic carbocycles. The van der Waals surface area contributed by atoms with Gasteiger partial charge < -0.3 is 10.6 Å². The van der Waals surface area contributed by atoms with E-state index >= 15 is 0 Å². The summed E-state index contributed by atoms with van der Waals surface area (Å²) in [5.41, 5.74) is 7.01. The fourth-order valence-electron chi connectivity index (χ4n) is 2.41. The third kappa shape index (κ3) is 3.26. The number of aryl methyl sites for hydroxylation is 1. The molecule has 0 bridgehead atoms. The summed E-state index contributed by atoms with van der Waals surface area (Å²) in [6.45, 7) is 3.25. The monoisotopic (exact) mass is 252 g/mol. The summed E-state index contributed by atoms with van der Waals surface area (Å²) in [5, 5.41) is 4.18. The van der Waals surface area contributed by atoms with E-state index in [0.29, 0.717) is 10.9 Å². The number of piperidine rings is 1. The molecule has 0 radical (unpaired) electrons. The van der Waals surface area contributed by atoms with Crippen LogP contribution in [0, 0.1) is 5.92 Å². The first kappa shape index (κ1) is 12.5. The van der Waals surface area contributed by atoms with Crippen LogP contribution in [0.5, 0.6) is 0 Å². The second-order valence-electron chi connectivity index (χ2n) is 4.74. The number of nitrogens with two attached hydrogens (primary N) is 1. The molecule has 1 aliphatic rings. The molecule has 0 aliphatic carbocycles. The van der Waals surface area contributed by atoms with Gasteiger partial charge in [0.2, 0.25) is 0 Å². The zero-order valence-corrected chi connectivity index (χ0v) is 11.1. The van der Waals surface area contributed by atoms with Gasteiger partial charge >= 0.3 is 0 Å². The molecule has 0 saturated carbocycles. The first-order valence-corrected chi connectivity index (χ1v) is 6.56. The van der Waals surface area contributed by atoms with Gasteiger partial charge in [0.15, 0.2) is 0 Å². The van der Waals surface area contributed by atoms with Crippen LogP contribution in [-0.4, -0.2) is 39.3 Å². The maximum absolute atomic E-state index is 5.73. The Morgan fingerprint density at radius 2 is 2.47 bits per heavy atom. The van der Waals surface area contributed by atoms with E-state index in [2.05, 4.69) is 16.1 Å². The topological polar surface area (TPSA) is 47.1 Å². The van der Waals surface area contributed by atoms with Crippen LogP contribution in [0.1, 0.15) is 18.5 Å². The van der Waals surface area contributed by atoms with Crippen molar-refractivity contribution in [2.75, 3.05) is 19.6 Å². The molecule has 2 N–H and O–H groups in total. The molecule has 2 heterocycles. The Morgan fingerprint density at radius 1 is 1.65 bits per heavy atom. The highest BCUT2D eigenvalue weighted by atomic mass is 32.1. The molecule has 1 atom stereocenters. The van der Waals surface area contributed by atoms with Gasteiger partial charge in [-0.25, -0.2) is 0 Å². The fraction of sp³-hybridized carbons (Fsp3) is 0.667. The molecule has 0 spiro atoms. The summed E-state index contributed by atoms with van der Waals surface area (Å²) < 4.78 is 1.94. The Morgan fingerprint density at radius 3 is 3.12 bits per heavy atom. The van der Waals surface area contributed by atoms with Crippen LogP contribution in [-0.2, 0) is 13.5 Å². The second-order valence-corrected chi connectivity index (χ2v) is 5.21. The van der Waals surface area contributed by atoms with Crippen molar-refractivity contribution in [2.24, 2.45) is 18.7 Å². The van der Waals surface area contributed by atoms with E-state index < -0.39 is 0 Å². The molecule has 94 valence electrons. The molecular weight excluding hydrogens is 232 g/mol. The molecule has 2 rings (SSSR count). The van der Waals surface area contributed by atoms with Crippen molar-refractivity contribution in [3.05, 3.63) is 18.0 Å². The van der Waals surface area contributed by atoms with E-state index in [4.69, 9.17) is 18.0 Å². The lowest BCUT2D eigenvalue weighted by Crippen LogP contribution is -2.41. The van der Waals surface area contributed by atoms with Gasteiger partial charge in [0.25, 0.3) is 0 Å². The third-order valence-electron chi connectivity index (χ3n) is 3.51. The quantitative estimate of drug-likeness (QED) is 0.811. The van der Waals surface area contributed by atoms with Gasteiger partial charge in [0.1, 0.15) is 0 Å². The van der Waals surface area contributed by atoms with Crippen molar-refractivity contribution in [2.45, 2.75) is 19.3 Å². The van der Waals surface area contributed by atoms with Crippen LogP contribution < -0.4 is 5.73 Å². The molecule has 1 fully saturated rings. The lowest BCUT2D eigenvalue weighted by molar-refractivity contribution is 0.206. The highest BCUT2D eigenvalue weighted by molar-refractivity contribution is 7.80. The van der Waals surface area contributed by atoms with Gasteiger partial charge in [-0.15, -0.1) is 0 Å². The maximum atomic E-state index is 5.73. The molecule has 1 aromatic rings. The molecule has 1 unspecified atom stereocenters. The standard InChI is InChI=1S/C12H20N4S/c1-15-11(4-6-14-15)5-8-16-7-2-3-10(9-16)12(13)17/h4,6,10H,2-3,5,7-9H2,1H3,(H2,13,17). The average Bonchev–Trinajstić information content (AvgIpc) is 2.72. The normalized spacial score (nSPS) is 21.6. The van der Waals surface area contributed by atoms with Crippen LogP contribution in [0.2, 0.25) is 0 Å². The van der Waals surface area contributed by atoms with Gasteiger partial charge in [-0.05, 0) is 25.5 Å². The van der Waals surface area contributed by atoms with Crippen LogP contribution in [0.25, 0.3) is 0 Å². The molecule has 17 heavy (non-hydrogen) atoms. The van der Waals surface area contributed by atoms with Crippen molar-refractivity contribution in [1.82, 2.24) is 14.7 Å². The van der Waals surface area contributed by atoms with Crippen LogP contribution >= 0.6 is 12.2 Å². The first-order valence-electron chi connectivity index (χ1n) is 6.15. The summed E-state index contributed by atoms with van der Waals surface area (Å²) in [5.74, 6) is 0.408. The lowest BCUT2D eigenvalue weighted by Gasteiger charge is -2.32. The Kier molecular flexibility index (Phi) is 4.12. The number of hydrogen-bond acceptors (Lipinski definition) is 3. The van der Waals surface area contributed by atoms with Gasteiger partial charge in [-0.1, -0.05) is 12.2 Å². The first-order chi connectivity index (χ1) is 8.16. The van der Waals surface area contributed by atoms with E-state index in [9.17, 15) is 0 Å². The summed E-state index contributed by atoms with van der Waals surface area (Å²) in [4.78, 5) is 3.13. The van der Waals surface area contributed by atoms with Crippen LogP contribution in [0.15, 0.2) is 12.3 Å². The average molecular weight is 252 g/mol. The van der Waals surface area contributed by atoms with Gasteiger partial charge in [0, 0.05) is 44.4 Å². The van der Waals surface area contributed by atoms with E-state index in [1.54, 1.807) is 0 Å². The maximum Gasteiger partial charge on any atom is 0.0771 e. The minimum Gasteiger partial charge on any atom is -0.393 e. The van der Waals surface area contributed by atoms with E-state index in [-0.39, 0.29) is 0 Å². The summed E-state index contributed by atoms with van der Waals surface area (Å²) in [6.07, 6.45) is 5.24. The van der Waals surface area contributed by atoms with Crippen LogP contribution in [0.4, 0.5) is 0 Å². The van der Waals surface area contributed by atoms with Crippen molar-refractivity contribution < 1.29 is 0 Å². The number of thiocarbonyl (C=S) groups is 1. The molecular formula is C12H20N4S. The zero-order chi connectivity index (χ0) is 12.3. The van der Waals surface area contributed by atoms with Crippen molar-refractivity contribution in [3.63, 3.8) is 0 Å². The third-order valence-corrected chi connectivity index (χ3v) is 3.85. The predicted molar refractivity (Wildman–Crippen MR) is 72.9 cm³/mol. The Bertz CT molecular complexity index is 388. The molecule has 5 heteroatoms. The van der Waals surface area contributed by atoms with E-state index in [1.165, 1.54) is 12.1 Å². The van der Waals surface area contributed by atoms with E-state index in [1.807, 2.05) is 17.9 Å². The van der Waals surface area contributed by atoms with Gasteiger partial charge in [-0.2, -0.15) is 5.10 Å². The lowest BCUT2D eigenvalue weighted by atomic mass is 9.98. The van der Waals surface area contributed by atoms with E-state index in [0.717, 1.165) is 32.5 Å². The molecule has 1 saturated heterocycles. The number of likely N-dealkylation sites (tertiary alicyclic amines) is 1. The van der Waals surface area contributed by atoms with Crippen molar-refractivity contribution >= 4 is 17.2 Å². The molecule has 1 aliphatic heterocycles. The fourth-order valence-corrected chi connectivity index (χ4v) is 2.60. The summed E-state index contributed by atoms with van der Waals surface area (Å²) in [6, 6.07) is 2.08. The Labute approximate surface area is 108 Å². The molecule has 0 amide bonds. The predicted octanol–water partition coefficient (Wildman–Crippen LogP) is 0.961. The minimum atomic E-state index is 0.408. The highest BCUT2D eigenvalue weighted by Gasteiger charge is 2.21. The zero-order valence-electron chi connectivity index (χ0n) is 10.3. The highest BCUT2D eigenvalue weighted by Crippen LogP contribution is 2.16. The summed E-state index contributed by atoms with van der Waals surface area (Å²) >= 11 is 5.09. The van der Waals surface area contributed by atoms with Crippen molar-refractivity contribution in [3.8, 4) is 0 Å².